The van der Waals surface area contributed by atoms with E-state index in [1.165, 1.54) is 0 Å². The van der Waals surface area contributed by atoms with Crippen LogP contribution in [0.25, 0.3) is 11.1 Å². The Morgan fingerprint density at radius 2 is 1.05 bits per heavy atom. The van der Waals surface area contributed by atoms with Gasteiger partial charge in [-0.15, -0.1) is 0 Å². The van der Waals surface area contributed by atoms with Crippen LogP contribution in [0.5, 0.6) is 0 Å². The van der Waals surface area contributed by atoms with Gasteiger partial charge in [0.25, 0.3) is 11.8 Å². The summed E-state index contributed by atoms with van der Waals surface area (Å²) in [4.78, 5) is 90.2. The number of alkyl carbamates (subject to hydrolysis) is 2. The molecule has 0 aliphatic heterocycles. The van der Waals surface area contributed by atoms with Crippen LogP contribution < -0.4 is 37.6 Å². The fourth-order valence-corrected chi connectivity index (χ4v) is 5.86. The molecule has 4 atom stereocenters. The minimum Gasteiger partial charge on any atom is -0.480 e. The van der Waals surface area contributed by atoms with Crippen LogP contribution >= 0.6 is 11.6 Å². The fraction of sp³-hybridized carbons (Fsp3) is 0.558. The molecule has 2 rings (SSSR count). The average molecular weight is 874 g/mol. The SMILES string of the molecule is CC(C)C[C@H](NC(=O)[C@H](N)NC(=O)[C@H](CCCCNC(=O)OC(C)(C)C)NC(=O)[C@H](CCCCNC(=O)OC(C)(C)C)NC(=O)c1ccc(-c2ccc(Cl)cc2)cc1)C(=O)O. The molecule has 2 aromatic rings. The predicted molar refractivity (Wildman–Crippen MR) is 231 cm³/mol. The Kier molecular flexibility index (Phi) is 21.0. The fourth-order valence-electron chi connectivity index (χ4n) is 5.74. The molecular formula is C43H64ClN7O10. The molecular weight excluding hydrogens is 810 g/mol. The van der Waals surface area contributed by atoms with Crippen LogP contribution in [0.1, 0.15) is 111 Å². The number of hydrogen-bond donors (Lipinski definition) is 8. The van der Waals surface area contributed by atoms with E-state index in [-0.39, 0.29) is 43.8 Å². The lowest BCUT2D eigenvalue weighted by molar-refractivity contribution is -0.142. The maximum atomic E-state index is 14.0. The molecule has 18 heteroatoms. The first-order valence-electron chi connectivity index (χ1n) is 20.4. The van der Waals surface area contributed by atoms with Crippen molar-refractivity contribution in [1.29, 1.82) is 0 Å². The number of rotatable bonds is 22. The molecule has 17 nitrogen and oxygen atoms in total. The van der Waals surface area contributed by atoms with E-state index in [1.807, 2.05) is 12.1 Å². The van der Waals surface area contributed by atoms with Gasteiger partial charge in [-0.1, -0.05) is 49.7 Å². The van der Waals surface area contributed by atoms with Gasteiger partial charge in [-0.3, -0.25) is 19.2 Å². The first kappa shape index (κ1) is 51.7. The molecule has 0 aromatic heterocycles. The van der Waals surface area contributed by atoms with E-state index in [1.54, 1.807) is 91.8 Å². The van der Waals surface area contributed by atoms with Crippen LogP contribution in [0.15, 0.2) is 48.5 Å². The Morgan fingerprint density at radius 3 is 1.49 bits per heavy atom. The van der Waals surface area contributed by atoms with Crippen molar-refractivity contribution in [3.8, 4) is 11.1 Å². The summed E-state index contributed by atoms with van der Waals surface area (Å²) >= 11 is 6.03. The smallest absolute Gasteiger partial charge is 0.407 e. The van der Waals surface area contributed by atoms with Gasteiger partial charge < -0.3 is 52.2 Å². The number of aliphatic carboxylic acids is 1. The first-order chi connectivity index (χ1) is 28.4. The van der Waals surface area contributed by atoms with Gasteiger partial charge >= 0.3 is 18.2 Å². The minimum atomic E-state index is -1.67. The number of ether oxygens (including phenoxy) is 2. The molecule has 0 saturated heterocycles. The summed E-state index contributed by atoms with van der Waals surface area (Å²) in [7, 11) is 0. The molecule has 0 radical (unpaired) electrons. The van der Waals surface area contributed by atoms with Gasteiger partial charge in [0.05, 0.1) is 0 Å². The van der Waals surface area contributed by atoms with Crippen molar-refractivity contribution in [3.63, 3.8) is 0 Å². The van der Waals surface area contributed by atoms with Crippen molar-refractivity contribution >= 4 is 53.4 Å². The van der Waals surface area contributed by atoms with Gasteiger partial charge in [0.1, 0.15) is 29.3 Å². The zero-order valence-electron chi connectivity index (χ0n) is 36.4. The molecule has 0 bridgehead atoms. The highest BCUT2D eigenvalue weighted by Crippen LogP contribution is 2.22. The zero-order valence-corrected chi connectivity index (χ0v) is 37.2. The molecule has 0 heterocycles. The van der Waals surface area contributed by atoms with Crippen molar-refractivity contribution in [2.45, 2.75) is 136 Å². The maximum absolute atomic E-state index is 14.0. The van der Waals surface area contributed by atoms with Gasteiger partial charge in [-0.25, -0.2) is 14.4 Å². The summed E-state index contributed by atoms with van der Waals surface area (Å²) < 4.78 is 10.5. The average Bonchev–Trinajstić information content (AvgIpc) is 3.14. The van der Waals surface area contributed by atoms with E-state index >= 15 is 0 Å². The number of carbonyl (C=O) groups excluding carboxylic acids is 6. The standard InChI is InChI=1S/C43H64ClN7O10/c1-26(2)25-33(39(56)57)50-38(55)34(45)51-37(54)32(14-10-12-24-47-41(59)61-43(6,7)8)49-36(53)31(13-9-11-23-46-40(58)60-42(3,4)5)48-35(52)29-17-15-27(16-18-29)28-19-21-30(44)22-20-28/h15-22,26,31-34H,9-14,23-25,45H2,1-8H3,(H,46,58)(H,47,59)(H,48,52)(H,49,53)(H,50,55)(H,51,54)(H,56,57)/t31-,32-,33-,34+/m0/s1. The van der Waals surface area contributed by atoms with E-state index in [4.69, 9.17) is 26.8 Å². The number of hydrogen-bond acceptors (Lipinski definition) is 10. The topological polar surface area (TPSA) is 256 Å². The third kappa shape index (κ3) is 21.1. The molecule has 0 saturated carbocycles. The highest BCUT2D eigenvalue weighted by Gasteiger charge is 2.30. The van der Waals surface area contributed by atoms with Crippen molar-refractivity contribution < 1.29 is 48.1 Å². The monoisotopic (exact) mass is 873 g/mol. The zero-order chi connectivity index (χ0) is 45.9. The number of halogens is 1. The van der Waals surface area contributed by atoms with E-state index in [0.717, 1.165) is 11.1 Å². The van der Waals surface area contributed by atoms with Crippen LogP contribution in [-0.4, -0.2) is 95.5 Å². The third-order valence-corrected chi connectivity index (χ3v) is 8.91. The van der Waals surface area contributed by atoms with E-state index < -0.39 is 77.3 Å². The second kappa shape index (κ2) is 24.7. The van der Waals surface area contributed by atoms with Crippen LogP contribution in [0.2, 0.25) is 5.02 Å². The lowest BCUT2D eigenvalue weighted by Gasteiger charge is -2.25. The molecule has 0 spiro atoms. The van der Waals surface area contributed by atoms with Crippen molar-refractivity contribution in [1.82, 2.24) is 31.9 Å². The van der Waals surface area contributed by atoms with E-state index in [9.17, 15) is 38.7 Å². The Balaban J connectivity index is 2.28. The van der Waals surface area contributed by atoms with Crippen LogP contribution in [0, 0.1) is 5.92 Å². The number of carboxylic acid groups (broad SMARTS) is 1. The molecule has 9 N–H and O–H groups in total. The first-order valence-corrected chi connectivity index (χ1v) is 20.8. The minimum absolute atomic E-state index is 0.0274. The molecule has 0 aliphatic rings. The van der Waals surface area contributed by atoms with Gasteiger partial charge in [0, 0.05) is 23.7 Å². The summed E-state index contributed by atoms with van der Waals surface area (Å²) in [5, 5.41) is 25.6. The van der Waals surface area contributed by atoms with Gasteiger partial charge in [-0.05, 0) is 128 Å². The highest BCUT2D eigenvalue weighted by molar-refractivity contribution is 6.30. The number of benzene rings is 2. The molecule has 61 heavy (non-hydrogen) atoms. The lowest BCUT2D eigenvalue weighted by atomic mass is 10.0. The Labute approximate surface area is 363 Å². The number of unbranched alkanes of at least 4 members (excludes halogenated alkanes) is 2. The van der Waals surface area contributed by atoms with Crippen molar-refractivity contribution in [2.75, 3.05) is 13.1 Å². The Morgan fingerprint density at radius 1 is 0.623 bits per heavy atom. The molecule has 0 fully saturated rings. The number of carboxylic acids is 1. The van der Waals surface area contributed by atoms with Crippen molar-refractivity contribution in [3.05, 3.63) is 59.1 Å². The summed E-state index contributed by atoms with van der Waals surface area (Å²) in [5.41, 5.74) is 6.59. The highest BCUT2D eigenvalue weighted by atomic mass is 35.5. The molecule has 0 aliphatic carbocycles. The molecule has 0 unspecified atom stereocenters. The molecule has 6 amide bonds. The number of carbonyl (C=O) groups is 7. The number of nitrogens with one attached hydrogen (secondary N) is 6. The number of amides is 6. The quantitative estimate of drug-likeness (QED) is 0.0577. The predicted octanol–water partition coefficient (Wildman–Crippen LogP) is 5.00. The maximum Gasteiger partial charge on any atom is 0.407 e. The van der Waals surface area contributed by atoms with Crippen molar-refractivity contribution in [2.24, 2.45) is 11.7 Å². The van der Waals surface area contributed by atoms with Gasteiger partial charge in [0.15, 0.2) is 6.17 Å². The van der Waals surface area contributed by atoms with Crippen LogP contribution in [0.3, 0.4) is 0 Å². The lowest BCUT2D eigenvalue weighted by Crippen LogP contribution is -2.60. The summed E-state index contributed by atoms with van der Waals surface area (Å²) in [6.45, 7) is 14.4. The third-order valence-electron chi connectivity index (χ3n) is 8.66. The second-order valence-electron chi connectivity index (χ2n) is 17.0. The second-order valence-corrected chi connectivity index (χ2v) is 17.5. The Bertz CT molecular complexity index is 1780. The normalized spacial score (nSPS) is 13.4. The van der Waals surface area contributed by atoms with Gasteiger partial charge in [-0.2, -0.15) is 0 Å². The van der Waals surface area contributed by atoms with Gasteiger partial charge in [0.2, 0.25) is 11.8 Å². The largest absolute Gasteiger partial charge is 0.480 e. The summed E-state index contributed by atoms with van der Waals surface area (Å²) in [6.07, 6.45) is -1.17. The number of nitrogens with two attached hydrogens (primary N) is 1. The summed E-state index contributed by atoms with van der Waals surface area (Å²) in [5.74, 6) is -4.38. The molecule has 338 valence electrons. The van der Waals surface area contributed by atoms with E-state index in [0.29, 0.717) is 30.7 Å². The van der Waals surface area contributed by atoms with Crippen LogP contribution in [-0.2, 0) is 28.7 Å². The molecule has 2 aromatic carbocycles. The van der Waals surface area contributed by atoms with Crippen LogP contribution in [0.4, 0.5) is 9.59 Å². The Hall–Kier alpha value is -5.42. The van der Waals surface area contributed by atoms with E-state index in [2.05, 4.69) is 31.9 Å². The summed E-state index contributed by atoms with van der Waals surface area (Å²) in [6, 6.07) is 10.3.